The zero-order valence-electron chi connectivity index (χ0n) is 19.1. The number of fused-ring (bicyclic) bond motifs is 6. The van der Waals surface area contributed by atoms with Gasteiger partial charge in [0.2, 0.25) is 0 Å². The third kappa shape index (κ3) is 4.02. The molecular weight excluding hydrogens is 527 g/mol. The normalized spacial score (nSPS) is 31.1. The van der Waals surface area contributed by atoms with Crippen molar-refractivity contribution < 1.29 is 20.9 Å². The van der Waals surface area contributed by atoms with Gasteiger partial charge in [-0.1, -0.05) is 0 Å². The van der Waals surface area contributed by atoms with E-state index in [-0.39, 0.29) is 24.8 Å². The van der Waals surface area contributed by atoms with E-state index in [0.717, 1.165) is 30.9 Å². The van der Waals surface area contributed by atoms with E-state index in [1.54, 1.807) is 22.3 Å². The molecule has 0 saturated heterocycles. The van der Waals surface area contributed by atoms with E-state index in [9.17, 15) is 0 Å². The topological polar surface area (TPSA) is 0 Å². The Morgan fingerprint density at radius 1 is 0.688 bits per heavy atom. The second-order valence-corrected chi connectivity index (χ2v) is 31.3. The summed E-state index contributed by atoms with van der Waals surface area (Å²) in [6.45, 7) is 5.47. The Kier molecular flexibility index (Phi) is 7.78. The van der Waals surface area contributed by atoms with Crippen LogP contribution in [-0.4, -0.2) is 5.92 Å². The molecule has 6 unspecified atom stereocenters. The van der Waals surface area contributed by atoms with Gasteiger partial charge in [0, 0.05) is 0 Å². The summed E-state index contributed by atoms with van der Waals surface area (Å²) in [4.78, 5) is 0. The summed E-state index contributed by atoms with van der Waals surface area (Å²) in [6.07, 6.45) is 15.9. The molecule has 2 aromatic carbocycles. The monoisotopic (exact) mass is 559 g/mol. The van der Waals surface area contributed by atoms with Gasteiger partial charge >= 0.3 is 192 Å². The average molecular weight is 562 g/mol. The van der Waals surface area contributed by atoms with Gasteiger partial charge in [-0.2, -0.15) is 0 Å². The Morgan fingerprint density at radius 3 is 1.56 bits per heavy atom. The van der Waals surface area contributed by atoms with E-state index in [1.165, 1.54) is 25.7 Å². The number of benzene rings is 2. The molecule has 0 amide bonds. The molecule has 0 N–H and O–H groups in total. The summed E-state index contributed by atoms with van der Waals surface area (Å²) in [5.74, 6) is 2.68. The largest absolute Gasteiger partial charge is 0.147 e. The molecule has 0 spiro atoms. The van der Waals surface area contributed by atoms with Gasteiger partial charge in [-0.15, -0.1) is 24.8 Å². The first-order valence-corrected chi connectivity index (χ1v) is 22.1. The molecule has 0 heterocycles. The van der Waals surface area contributed by atoms with Crippen LogP contribution in [0.2, 0.25) is 20.3 Å². The van der Waals surface area contributed by atoms with Crippen LogP contribution in [0, 0.1) is 11.8 Å². The van der Waals surface area contributed by atoms with Crippen molar-refractivity contribution in [2.24, 2.45) is 11.8 Å². The van der Waals surface area contributed by atoms with Gasteiger partial charge in [0.05, 0.1) is 0 Å². The first-order chi connectivity index (χ1) is 14.7. The summed E-state index contributed by atoms with van der Waals surface area (Å²) >= 11 is -1.59. The molecule has 0 bridgehead atoms. The van der Waals surface area contributed by atoms with Crippen LogP contribution in [0.1, 0.15) is 46.9 Å². The van der Waals surface area contributed by atoms with E-state index >= 15 is 0 Å². The molecule has 32 heavy (non-hydrogen) atoms. The van der Waals surface area contributed by atoms with Gasteiger partial charge in [-0.05, 0) is 0 Å². The van der Waals surface area contributed by atoms with Crippen LogP contribution >= 0.6 is 24.8 Å². The van der Waals surface area contributed by atoms with E-state index in [0.29, 0.717) is 0 Å². The fourth-order valence-corrected chi connectivity index (χ4v) is 33.8. The molecule has 0 aliphatic heterocycles. The zero-order valence-corrected chi connectivity index (χ0v) is 24.4. The van der Waals surface area contributed by atoms with Crippen molar-refractivity contribution in [3.63, 3.8) is 0 Å². The van der Waals surface area contributed by atoms with Crippen molar-refractivity contribution in [3.05, 3.63) is 95.1 Å². The van der Waals surface area contributed by atoms with E-state index in [1.807, 2.05) is 0 Å². The van der Waals surface area contributed by atoms with Crippen molar-refractivity contribution in [2.75, 3.05) is 0 Å². The molecule has 0 fully saturated rings. The van der Waals surface area contributed by atoms with Gasteiger partial charge in [-0.25, -0.2) is 0 Å². The summed E-state index contributed by atoms with van der Waals surface area (Å²) in [7, 11) is 0. The van der Waals surface area contributed by atoms with Crippen LogP contribution in [0.25, 0.3) is 0 Å². The average Bonchev–Trinajstić information content (AvgIpc) is 3.33. The minimum absolute atomic E-state index is 0. The molecule has 2 aromatic rings. The second kappa shape index (κ2) is 10.1. The van der Waals surface area contributed by atoms with E-state index < -0.39 is 26.8 Å². The fraction of sp³-hybridized carbons (Fsp3) is 0.429. The molecule has 4 aliphatic rings. The number of rotatable bonds is 3. The minimum atomic E-state index is -1.59. The Balaban J connectivity index is 0.00000122. The Bertz CT molecular complexity index is 938. The van der Waals surface area contributed by atoms with Crippen LogP contribution in [0.3, 0.4) is 0 Å². The predicted octanol–water partition coefficient (Wildman–Crippen LogP) is 7.84. The van der Waals surface area contributed by atoms with Crippen LogP contribution in [0.15, 0.2) is 72.8 Å². The van der Waals surface area contributed by atoms with Crippen LogP contribution in [0.4, 0.5) is 0 Å². The maximum Gasteiger partial charge on any atom is -0.147 e. The number of hydrogen-bond acceptors (Lipinski definition) is 0. The first-order valence-electron chi connectivity index (χ1n) is 12.1. The summed E-state index contributed by atoms with van der Waals surface area (Å²) in [5.41, 5.74) is 6.64. The van der Waals surface area contributed by atoms with Gasteiger partial charge in [0.25, 0.3) is 0 Å². The molecule has 169 valence electrons. The number of halogens is 2. The molecule has 0 saturated carbocycles. The van der Waals surface area contributed by atoms with Gasteiger partial charge in [0.1, 0.15) is 0 Å². The molecule has 0 radical (unpaired) electrons. The standard InChI is InChI=1S/2C13H13.C2H7Si.2ClH.Zr/c2*1-3-7-12-10(5-1)9-11-6-2-4-8-13(11)12;1-3-2;;;/h2*1,3-8,11,13H,2,9H2;3H,1-2H3;2*1H;. The van der Waals surface area contributed by atoms with Gasteiger partial charge < -0.3 is 0 Å². The Hall–Kier alpha value is -0.400. The molecular formula is C28H35Cl2SiZr. The molecule has 6 atom stereocenters. The van der Waals surface area contributed by atoms with Crippen molar-refractivity contribution in [2.45, 2.75) is 57.9 Å². The number of allylic oxidation sites excluding steroid dienone is 4. The zero-order chi connectivity index (χ0) is 20.2. The fourth-order valence-electron chi connectivity index (χ4n) is 7.58. The predicted molar refractivity (Wildman–Crippen MR) is 141 cm³/mol. The van der Waals surface area contributed by atoms with E-state index in [2.05, 4.69) is 85.9 Å². The van der Waals surface area contributed by atoms with E-state index in [4.69, 9.17) is 0 Å². The van der Waals surface area contributed by atoms with Crippen LogP contribution in [0.5, 0.6) is 0 Å². The van der Waals surface area contributed by atoms with Gasteiger partial charge in [0.15, 0.2) is 0 Å². The third-order valence-electron chi connectivity index (χ3n) is 8.69. The molecule has 4 aliphatic carbocycles. The SMILES string of the molecule is C[SiH](C)[Zr]([CH]1CC=CC2c3ccccc3CC21)[CH]1CC=CC2c3ccccc3CC21.Cl.Cl. The molecule has 0 aromatic heterocycles. The quantitative estimate of drug-likeness (QED) is 0.265. The first kappa shape index (κ1) is 24.7. The molecule has 4 heteroatoms. The van der Waals surface area contributed by atoms with Crippen molar-refractivity contribution in [1.29, 1.82) is 0 Å². The number of hydrogen-bond donors (Lipinski definition) is 0. The maximum atomic E-state index is 2.74. The summed E-state index contributed by atoms with van der Waals surface area (Å²) in [6, 6.07) is 18.7. The van der Waals surface area contributed by atoms with Gasteiger partial charge in [-0.3, -0.25) is 0 Å². The Morgan fingerprint density at radius 2 is 1.12 bits per heavy atom. The maximum absolute atomic E-state index is 2.74. The Labute approximate surface area is 215 Å². The van der Waals surface area contributed by atoms with Crippen molar-refractivity contribution in [1.82, 2.24) is 0 Å². The second-order valence-electron chi connectivity index (χ2n) is 10.4. The van der Waals surface area contributed by atoms with Crippen molar-refractivity contribution >= 4 is 30.7 Å². The summed E-state index contributed by atoms with van der Waals surface area (Å²) in [5, 5.41) is 0. The van der Waals surface area contributed by atoms with Crippen LogP contribution in [-0.2, 0) is 33.8 Å². The third-order valence-corrected chi connectivity index (χ3v) is 32.4. The van der Waals surface area contributed by atoms with Crippen molar-refractivity contribution in [3.8, 4) is 0 Å². The van der Waals surface area contributed by atoms with Crippen LogP contribution < -0.4 is 0 Å². The minimum Gasteiger partial charge on any atom is -0.147 e. The summed E-state index contributed by atoms with van der Waals surface area (Å²) < 4.78 is 2.14. The molecule has 0 nitrogen and oxygen atoms in total. The smallest absolute Gasteiger partial charge is 0.147 e. The molecule has 6 rings (SSSR count).